The number of ketones is 1. The Hall–Kier alpha value is -3.60. The van der Waals surface area contributed by atoms with Gasteiger partial charge in [0.2, 0.25) is 5.91 Å². The summed E-state index contributed by atoms with van der Waals surface area (Å²) in [7, 11) is 2.86. The molecule has 0 aliphatic heterocycles. The van der Waals surface area contributed by atoms with E-state index in [1.807, 2.05) is 0 Å². The summed E-state index contributed by atoms with van der Waals surface area (Å²) in [6.07, 6.45) is -4.70. The van der Waals surface area contributed by atoms with Crippen molar-refractivity contribution in [2.75, 3.05) is 25.3 Å². The lowest BCUT2D eigenvalue weighted by Gasteiger charge is -2.12. The summed E-state index contributed by atoms with van der Waals surface area (Å²) in [4.78, 5) is 31.4. The van der Waals surface area contributed by atoms with Gasteiger partial charge in [-0.2, -0.15) is 13.2 Å². The third-order valence-electron chi connectivity index (χ3n) is 4.58. The highest BCUT2D eigenvalue weighted by atomic mass is 32.2. The molecule has 3 rings (SSSR count). The van der Waals surface area contributed by atoms with Crippen LogP contribution in [0.15, 0.2) is 53.7 Å². The van der Waals surface area contributed by atoms with Crippen LogP contribution in [0, 0.1) is 0 Å². The molecule has 0 aliphatic rings. The molecule has 178 valence electrons. The zero-order chi connectivity index (χ0) is 24.9. The van der Waals surface area contributed by atoms with Crippen LogP contribution in [0.25, 0.3) is 11.3 Å². The van der Waals surface area contributed by atoms with Crippen molar-refractivity contribution < 1.29 is 32.2 Å². The minimum absolute atomic E-state index is 0.0195. The molecule has 0 spiro atoms. The smallest absolute Gasteiger partial charge is 0.433 e. The maximum atomic E-state index is 13.5. The first-order chi connectivity index (χ1) is 16.1. The van der Waals surface area contributed by atoms with Gasteiger partial charge in [-0.05, 0) is 55.5 Å². The largest absolute Gasteiger partial charge is 0.493 e. The molecule has 0 saturated carbocycles. The van der Waals surface area contributed by atoms with E-state index >= 15 is 0 Å². The molecule has 11 heteroatoms. The number of hydrogen-bond acceptors (Lipinski definition) is 7. The SMILES string of the molecule is COc1ccc(-c2cc(C(F)(F)F)nc(SCC(=O)Nc3ccc(C(C)=O)cc3)n2)cc1OC. The number of alkyl halides is 3. The summed E-state index contributed by atoms with van der Waals surface area (Å²) >= 11 is 0.768. The van der Waals surface area contributed by atoms with Gasteiger partial charge < -0.3 is 14.8 Å². The van der Waals surface area contributed by atoms with Gasteiger partial charge in [-0.15, -0.1) is 0 Å². The predicted octanol–water partition coefficient (Wildman–Crippen LogP) is 5.11. The highest BCUT2D eigenvalue weighted by molar-refractivity contribution is 7.99. The average Bonchev–Trinajstić information content (AvgIpc) is 2.81. The van der Waals surface area contributed by atoms with E-state index in [1.165, 1.54) is 27.2 Å². The summed E-state index contributed by atoms with van der Waals surface area (Å²) in [6.45, 7) is 1.43. The molecule has 0 bridgehead atoms. The zero-order valence-corrected chi connectivity index (χ0v) is 19.2. The van der Waals surface area contributed by atoms with E-state index in [4.69, 9.17) is 9.47 Å². The molecule has 1 amide bonds. The Balaban J connectivity index is 1.81. The number of halogens is 3. The quantitative estimate of drug-likeness (QED) is 0.266. The molecule has 0 saturated heterocycles. The monoisotopic (exact) mass is 491 g/mol. The summed E-state index contributed by atoms with van der Waals surface area (Å²) < 4.78 is 50.7. The van der Waals surface area contributed by atoms with Crippen molar-refractivity contribution in [2.45, 2.75) is 18.3 Å². The lowest BCUT2D eigenvalue weighted by molar-refractivity contribution is -0.141. The van der Waals surface area contributed by atoms with Crippen LogP contribution in [0.5, 0.6) is 11.5 Å². The molecule has 0 atom stereocenters. The molecule has 7 nitrogen and oxygen atoms in total. The number of nitrogens with zero attached hydrogens (tertiary/aromatic N) is 2. The van der Waals surface area contributed by atoms with Gasteiger partial charge >= 0.3 is 6.18 Å². The average molecular weight is 491 g/mol. The number of benzene rings is 2. The molecule has 2 aromatic carbocycles. The number of ether oxygens (including phenoxy) is 2. The van der Waals surface area contributed by atoms with E-state index in [1.54, 1.807) is 36.4 Å². The number of rotatable bonds is 8. The lowest BCUT2D eigenvalue weighted by Crippen LogP contribution is -2.15. The second kappa shape index (κ2) is 10.6. The van der Waals surface area contributed by atoms with Crippen LogP contribution in [0.1, 0.15) is 23.0 Å². The first kappa shape index (κ1) is 25.0. The third-order valence-corrected chi connectivity index (χ3v) is 5.43. The van der Waals surface area contributed by atoms with Crippen LogP contribution in [0.3, 0.4) is 0 Å². The lowest BCUT2D eigenvalue weighted by atomic mass is 10.1. The predicted molar refractivity (Wildman–Crippen MR) is 121 cm³/mol. The number of amides is 1. The number of aromatic nitrogens is 2. The van der Waals surface area contributed by atoms with Crippen molar-refractivity contribution >= 4 is 29.1 Å². The van der Waals surface area contributed by atoms with Gasteiger partial charge in [-0.3, -0.25) is 9.59 Å². The maximum Gasteiger partial charge on any atom is 0.433 e. The topological polar surface area (TPSA) is 90.4 Å². The molecule has 0 radical (unpaired) electrons. The van der Waals surface area contributed by atoms with Crippen molar-refractivity contribution in [3.8, 4) is 22.8 Å². The number of methoxy groups -OCH3 is 2. The molecule has 0 fully saturated rings. The molecular weight excluding hydrogens is 471 g/mol. The Morgan fingerprint density at radius 3 is 2.24 bits per heavy atom. The van der Waals surface area contributed by atoms with Gasteiger partial charge in [0.15, 0.2) is 22.4 Å². The van der Waals surface area contributed by atoms with E-state index in [2.05, 4.69) is 15.3 Å². The Morgan fingerprint density at radius 2 is 1.65 bits per heavy atom. The van der Waals surface area contributed by atoms with Crippen LogP contribution in [-0.4, -0.2) is 41.6 Å². The summed E-state index contributed by atoms with van der Waals surface area (Å²) in [5.41, 5.74) is 0.197. The minimum Gasteiger partial charge on any atom is -0.493 e. The highest BCUT2D eigenvalue weighted by Crippen LogP contribution is 2.35. The van der Waals surface area contributed by atoms with E-state index in [0.717, 1.165) is 17.8 Å². The summed E-state index contributed by atoms with van der Waals surface area (Å²) in [6, 6.07) is 11.7. The van der Waals surface area contributed by atoms with Crippen LogP contribution in [0.2, 0.25) is 0 Å². The number of anilines is 1. The molecule has 1 N–H and O–H groups in total. The van der Waals surface area contributed by atoms with Gasteiger partial charge in [0.25, 0.3) is 0 Å². The Morgan fingerprint density at radius 1 is 0.971 bits per heavy atom. The van der Waals surface area contributed by atoms with E-state index in [0.29, 0.717) is 28.3 Å². The fraction of sp³-hybridized carbons (Fsp3) is 0.217. The highest BCUT2D eigenvalue weighted by Gasteiger charge is 2.34. The van der Waals surface area contributed by atoms with Crippen LogP contribution < -0.4 is 14.8 Å². The van der Waals surface area contributed by atoms with Gasteiger partial charge in [-0.25, -0.2) is 9.97 Å². The molecule has 0 unspecified atom stereocenters. The van der Waals surface area contributed by atoms with E-state index < -0.39 is 17.8 Å². The second-order valence-electron chi connectivity index (χ2n) is 6.96. The number of carbonyl (C=O) groups excluding carboxylic acids is 2. The van der Waals surface area contributed by atoms with Gasteiger partial charge in [0.1, 0.15) is 5.69 Å². The molecular formula is C23H20F3N3O4S. The second-order valence-corrected chi connectivity index (χ2v) is 7.90. The van der Waals surface area contributed by atoms with Crippen LogP contribution >= 0.6 is 11.8 Å². The Bertz CT molecular complexity index is 1200. The normalized spacial score (nSPS) is 11.1. The fourth-order valence-electron chi connectivity index (χ4n) is 2.89. The zero-order valence-electron chi connectivity index (χ0n) is 18.4. The number of hydrogen-bond donors (Lipinski definition) is 1. The van der Waals surface area contributed by atoms with Gasteiger partial charge in [0, 0.05) is 16.8 Å². The van der Waals surface area contributed by atoms with Crippen molar-refractivity contribution in [3.05, 3.63) is 59.8 Å². The maximum absolute atomic E-state index is 13.5. The molecule has 0 aliphatic carbocycles. The Kier molecular flexibility index (Phi) is 7.77. The first-order valence-electron chi connectivity index (χ1n) is 9.83. The third kappa shape index (κ3) is 6.25. The van der Waals surface area contributed by atoms with Gasteiger partial charge in [-0.1, -0.05) is 11.8 Å². The molecule has 3 aromatic rings. The Labute approximate surface area is 197 Å². The number of thioether (sulfide) groups is 1. The van der Waals surface area contributed by atoms with Crippen molar-refractivity contribution in [3.63, 3.8) is 0 Å². The van der Waals surface area contributed by atoms with Gasteiger partial charge in [0.05, 0.1) is 25.7 Å². The number of Topliss-reactive ketones (excluding diaryl/α,β-unsaturated/α-hetero) is 1. The molecule has 1 heterocycles. The van der Waals surface area contributed by atoms with Crippen molar-refractivity contribution in [1.82, 2.24) is 9.97 Å². The standard InChI is InChI=1S/C23H20F3N3O4S/c1-13(30)14-4-7-16(8-5-14)27-21(31)12-34-22-28-17(11-20(29-22)23(24,25)26)15-6-9-18(32-2)19(10-15)33-3/h4-11H,12H2,1-3H3,(H,27,31). The molecule has 1 aromatic heterocycles. The summed E-state index contributed by atoms with van der Waals surface area (Å²) in [5, 5.41) is 2.41. The minimum atomic E-state index is -4.70. The van der Waals surface area contributed by atoms with Crippen LogP contribution in [-0.2, 0) is 11.0 Å². The number of carbonyl (C=O) groups is 2. The van der Waals surface area contributed by atoms with E-state index in [-0.39, 0.29) is 22.4 Å². The van der Waals surface area contributed by atoms with Crippen molar-refractivity contribution in [2.24, 2.45) is 0 Å². The molecule has 34 heavy (non-hydrogen) atoms. The van der Waals surface area contributed by atoms with E-state index in [9.17, 15) is 22.8 Å². The fourth-order valence-corrected chi connectivity index (χ4v) is 3.55. The van der Waals surface area contributed by atoms with Crippen LogP contribution in [0.4, 0.5) is 18.9 Å². The number of nitrogens with one attached hydrogen (secondary N) is 1. The van der Waals surface area contributed by atoms with Crippen molar-refractivity contribution in [1.29, 1.82) is 0 Å². The summed E-state index contributed by atoms with van der Waals surface area (Å²) in [5.74, 6) is -0.0496. The first-order valence-corrected chi connectivity index (χ1v) is 10.8.